The van der Waals surface area contributed by atoms with Gasteiger partial charge in [-0.05, 0) is 131 Å². The second kappa shape index (κ2) is 16.7. The smallest absolute Gasteiger partial charge is 0.0592 e. The van der Waals surface area contributed by atoms with Gasteiger partial charge in [-0.1, -0.05) is 159 Å². The number of hydrogen-bond donors (Lipinski definition) is 0. The van der Waals surface area contributed by atoms with Crippen LogP contribution in [0.2, 0.25) is 0 Å². The van der Waals surface area contributed by atoms with Crippen LogP contribution < -0.4 is 9.80 Å². The number of fused-ring (bicyclic) bond motifs is 6. The summed E-state index contributed by atoms with van der Waals surface area (Å²) in [5.41, 5.74) is 12.0. The summed E-state index contributed by atoms with van der Waals surface area (Å²) in [7, 11) is -2.22. The summed E-state index contributed by atoms with van der Waals surface area (Å²) >= 11 is 1.86. The molecule has 0 aliphatic heterocycles. The fourth-order valence-corrected chi connectivity index (χ4v) is 15.7. The number of para-hydroxylation sites is 3. The van der Waals surface area contributed by atoms with Crippen molar-refractivity contribution in [3.05, 3.63) is 266 Å². The standard InChI is InChI=1S/C63H48N2S2/c1-63(2)57-34-17-15-32-53(57)56-43-48(39-41-58(56)63)65(46-24-9-4-10-25-46)59-35-18-20-37-62(59)67(50-27-11-5-12-28-50,51-29-13-6-14-30-51)52-31-21-26-47(42-52)64(45-22-7-3-8-23-45)49-38-40-55-54-33-16-19-36-60(54)66-61(55)44-49/h3-44H,1-2H3. The lowest BCUT2D eigenvalue weighted by Crippen LogP contribution is -2.16. The van der Waals surface area contributed by atoms with Crippen molar-refractivity contribution in [1.82, 2.24) is 0 Å². The highest BCUT2D eigenvalue weighted by molar-refractivity contribution is 8.34. The topological polar surface area (TPSA) is 6.48 Å². The summed E-state index contributed by atoms with van der Waals surface area (Å²) in [6.07, 6.45) is 0. The largest absolute Gasteiger partial charge is 0.310 e. The molecule has 12 rings (SSSR count). The van der Waals surface area contributed by atoms with Gasteiger partial charge in [-0.2, -0.15) is 0 Å². The van der Waals surface area contributed by atoms with Gasteiger partial charge in [-0.15, -0.1) is 21.4 Å². The average Bonchev–Trinajstić information content (AvgIpc) is 3.87. The highest BCUT2D eigenvalue weighted by atomic mass is 32.3. The molecule has 1 aromatic heterocycles. The van der Waals surface area contributed by atoms with E-state index in [9.17, 15) is 0 Å². The Hall–Kier alpha value is -7.63. The number of hydrogen-bond acceptors (Lipinski definition) is 3. The molecule has 0 atom stereocenters. The summed E-state index contributed by atoms with van der Waals surface area (Å²) < 4.78 is 2.58. The molecule has 11 aromatic rings. The minimum absolute atomic E-state index is 0.0951. The number of nitrogens with zero attached hydrogens (tertiary/aromatic N) is 2. The van der Waals surface area contributed by atoms with Crippen LogP contribution in [0.5, 0.6) is 0 Å². The summed E-state index contributed by atoms with van der Waals surface area (Å²) in [5.74, 6) is 0. The molecule has 1 aliphatic carbocycles. The third kappa shape index (κ3) is 6.78. The quantitative estimate of drug-likeness (QED) is 0.135. The molecule has 0 saturated carbocycles. The lowest BCUT2D eigenvalue weighted by molar-refractivity contribution is 0.660. The minimum atomic E-state index is -2.22. The zero-order valence-electron chi connectivity index (χ0n) is 37.5. The Morgan fingerprint density at radius 2 is 0.851 bits per heavy atom. The van der Waals surface area contributed by atoms with Crippen LogP contribution in [0.15, 0.2) is 274 Å². The zero-order valence-corrected chi connectivity index (χ0v) is 39.1. The van der Waals surface area contributed by atoms with Crippen LogP contribution in [0.1, 0.15) is 25.0 Å². The van der Waals surface area contributed by atoms with Crippen LogP contribution >= 0.6 is 21.4 Å². The fourth-order valence-electron chi connectivity index (χ4n) is 10.5. The van der Waals surface area contributed by atoms with E-state index in [1.165, 1.54) is 62.0 Å². The molecule has 0 amide bonds. The normalized spacial score (nSPS) is 13.0. The van der Waals surface area contributed by atoms with E-state index in [0.29, 0.717) is 0 Å². The lowest BCUT2D eigenvalue weighted by atomic mass is 9.82. The molecule has 0 spiro atoms. The Kier molecular flexibility index (Phi) is 10.2. The monoisotopic (exact) mass is 896 g/mol. The molecular weight excluding hydrogens is 849 g/mol. The van der Waals surface area contributed by atoms with Gasteiger partial charge < -0.3 is 9.80 Å². The summed E-state index contributed by atoms with van der Waals surface area (Å²) in [6, 6.07) is 94.6. The molecule has 0 saturated heterocycles. The fraction of sp³-hybridized carbons (Fsp3) is 0.0476. The molecule has 0 bridgehead atoms. The number of anilines is 6. The van der Waals surface area contributed by atoms with Crippen molar-refractivity contribution in [1.29, 1.82) is 0 Å². The average molecular weight is 897 g/mol. The third-order valence-electron chi connectivity index (χ3n) is 13.5. The number of thiophene rings is 1. The SMILES string of the molecule is CC1(C)c2ccccc2-c2cc(N(c3ccccc3)c3ccccc3S(c3ccccc3)(c3ccccc3)c3cccc(N(c4ccccc4)c4ccc5c(c4)sc4ccccc45)c3)ccc21. The van der Waals surface area contributed by atoms with E-state index in [4.69, 9.17) is 0 Å². The minimum Gasteiger partial charge on any atom is -0.310 e. The first kappa shape index (κ1) is 40.8. The van der Waals surface area contributed by atoms with Crippen LogP contribution in [0.25, 0.3) is 31.3 Å². The van der Waals surface area contributed by atoms with E-state index in [1.807, 2.05) is 11.3 Å². The molecule has 0 unspecified atom stereocenters. The molecule has 1 aliphatic rings. The van der Waals surface area contributed by atoms with E-state index in [1.54, 1.807) is 0 Å². The van der Waals surface area contributed by atoms with Crippen LogP contribution in [-0.2, 0) is 5.41 Å². The van der Waals surface area contributed by atoms with Crippen LogP contribution in [-0.4, -0.2) is 0 Å². The van der Waals surface area contributed by atoms with Crippen molar-refractivity contribution in [2.75, 3.05) is 9.80 Å². The van der Waals surface area contributed by atoms with Crippen molar-refractivity contribution in [2.24, 2.45) is 0 Å². The summed E-state index contributed by atoms with van der Waals surface area (Å²) in [4.78, 5) is 9.96. The maximum absolute atomic E-state index is 2.50. The predicted molar refractivity (Wildman–Crippen MR) is 286 cm³/mol. The van der Waals surface area contributed by atoms with Crippen molar-refractivity contribution in [3.8, 4) is 11.1 Å². The molecule has 322 valence electrons. The molecular formula is C63H48N2S2. The summed E-state index contributed by atoms with van der Waals surface area (Å²) in [6.45, 7) is 4.71. The van der Waals surface area contributed by atoms with Crippen molar-refractivity contribution >= 4 is 75.7 Å². The lowest BCUT2D eigenvalue weighted by Gasteiger charge is -2.45. The molecule has 2 nitrogen and oxygen atoms in total. The maximum atomic E-state index is 2.50. The van der Waals surface area contributed by atoms with Crippen LogP contribution in [0.3, 0.4) is 0 Å². The van der Waals surface area contributed by atoms with E-state index in [0.717, 1.165) is 34.1 Å². The number of rotatable bonds is 10. The van der Waals surface area contributed by atoms with Gasteiger partial charge >= 0.3 is 0 Å². The highest BCUT2D eigenvalue weighted by Gasteiger charge is 2.39. The van der Waals surface area contributed by atoms with Crippen LogP contribution in [0.4, 0.5) is 34.1 Å². The van der Waals surface area contributed by atoms with Crippen molar-refractivity contribution < 1.29 is 0 Å². The van der Waals surface area contributed by atoms with Crippen molar-refractivity contribution in [2.45, 2.75) is 38.8 Å². The molecule has 10 aromatic carbocycles. The second-order valence-electron chi connectivity index (χ2n) is 17.7. The molecule has 0 N–H and O–H groups in total. The third-order valence-corrected chi connectivity index (χ3v) is 18.6. The Morgan fingerprint density at radius 1 is 0.343 bits per heavy atom. The van der Waals surface area contributed by atoms with E-state index in [-0.39, 0.29) is 5.41 Å². The second-order valence-corrected chi connectivity index (χ2v) is 21.9. The highest BCUT2D eigenvalue weighted by Crippen LogP contribution is 2.76. The van der Waals surface area contributed by atoms with Crippen LogP contribution in [0, 0.1) is 0 Å². The zero-order chi connectivity index (χ0) is 45.0. The first-order valence-corrected chi connectivity index (χ1v) is 25.4. The maximum Gasteiger partial charge on any atom is 0.0592 e. The Balaban J connectivity index is 1.12. The summed E-state index contributed by atoms with van der Waals surface area (Å²) in [5, 5.41) is 2.59. The van der Waals surface area contributed by atoms with E-state index < -0.39 is 10.0 Å². The van der Waals surface area contributed by atoms with Gasteiger partial charge in [0.05, 0.1) is 5.69 Å². The van der Waals surface area contributed by atoms with Gasteiger partial charge in [0, 0.05) is 73.6 Å². The van der Waals surface area contributed by atoms with Gasteiger partial charge in [-0.25, -0.2) is 0 Å². The predicted octanol–water partition coefficient (Wildman–Crippen LogP) is 18.6. The molecule has 0 radical (unpaired) electrons. The Bertz CT molecular complexity index is 3520. The Morgan fingerprint density at radius 3 is 1.58 bits per heavy atom. The number of benzene rings is 10. The van der Waals surface area contributed by atoms with E-state index >= 15 is 0 Å². The van der Waals surface area contributed by atoms with Gasteiger partial charge in [0.1, 0.15) is 0 Å². The van der Waals surface area contributed by atoms with Crippen molar-refractivity contribution in [3.63, 3.8) is 0 Å². The van der Waals surface area contributed by atoms with E-state index in [2.05, 4.69) is 278 Å². The first-order chi connectivity index (χ1) is 33.0. The van der Waals surface area contributed by atoms with Gasteiger partial charge in [-0.3, -0.25) is 0 Å². The Labute approximate surface area is 399 Å². The van der Waals surface area contributed by atoms with Gasteiger partial charge in [0.15, 0.2) is 0 Å². The van der Waals surface area contributed by atoms with Gasteiger partial charge in [0.25, 0.3) is 0 Å². The van der Waals surface area contributed by atoms with Gasteiger partial charge in [0.2, 0.25) is 0 Å². The first-order valence-electron chi connectivity index (χ1n) is 23.0. The molecule has 0 fully saturated rings. The molecule has 1 heterocycles. The molecule has 67 heavy (non-hydrogen) atoms. The molecule has 4 heteroatoms.